The fourth-order valence-electron chi connectivity index (χ4n) is 2.09. The number of nitrogens with zero attached hydrogens (tertiary/aromatic N) is 2. The second kappa shape index (κ2) is 6.37. The molecular formula is C16H23N3O2. The maximum Gasteiger partial charge on any atom is 0.231 e. The van der Waals surface area contributed by atoms with Crippen LogP contribution in [0, 0.1) is 13.8 Å². The molecule has 0 spiro atoms. The highest BCUT2D eigenvalue weighted by atomic mass is 16.5. The van der Waals surface area contributed by atoms with E-state index in [-0.39, 0.29) is 0 Å². The lowest BCUT2D eigenvalue weighted by Crippen LogP contribution is -2.39. The third kappa shape index (κ3) is 3.89. The Morgan fingerprint density at radius 1 is 1.33 bits per heavy atom. The fraction of sp³-hybridized carbons (Fsp3) is 0.500. The Labute approximate surface area is 125 Å². The van der Waals surface area contributed by atoms with E-state index < -0.39 is 5.54 Å². The Kier molecular flexibility index (Phi) is 4.75. The Balaban J connectivity index is 2.15. The van der Waals surface area contributed by atoms with Gasteiger partial charge in [-0.1, -0.05) is 28.9 Å². The number of aryl methyl sites for hydroxylation is 2. The van der Waals surface area contributed by atoms with Crippen molar-refractivity contribution in [3.8, 4) is 0 Å². The van der Waals surface area contributed by atoms with Gasteiger partial charge in [-0.25, -0.2) is 0 Å². The Morgan fingerprint density at radius 3 is 2.81 bits per heavy atom. The molecule has 0 aliphatic rings. The molecule has 0 amide bonds. The summed E-state index contributed by atoms with van der Waals surface area (Å²) in [5.74, 6) is 1.06. The van der Waals surface area contributed by atoms with Crippen LogP contribution >= 0.6 is 0 Å². The minimum Gasteiger partial charge on any atom is -0.379 e. The van der Waals surface area contributed by atoms with Gasteiger partial charge in [-0.3, -0.25) is 0 Å². The molecule has 0 aliphatic carbocycles. The molecule has 114 valence electrons. The molecule has 1 heterocycles. The maximum atomic E-state index is 6.17. The number of nitrogens with two attached hydrogens (primary N) is 1. The van der Waals surface area contributed by atoms with Crippen molar-refractivity contribution in [1.82, 2.24) is 10.1 Å². The van der Waals surface area contributed by atoms with Crippen LogP contribution in [0.1, 0.15) is 42.3 Å². The van der Waals surface area contributed by atoms with Crippen molar-refractivity contribution < 1.29 is 9.26 Å². The standard InChI is InChI=1S/C16H23N3O2/c1-5-20-10-16(4,17)15-18-14(21-19-15)9-13-8-11(2)6-7-12(13)3/h6-8H,5,9-10,17H2,1-4H3. The molecular weight excluding hydrogens is 266 g/mol. The second-order valence-electron chi connectivity index (χ2n) is 5.67. The van der Waals surface area contributed by atoms with Gasteiger partial charge in [0, 0.05) is 6.61 Å². The van der Waals surface area contributed by atoms with E-state index >= 15 is 0 Å². The zero-order valence-corrected chi connectivity index (χ0v) is 13.1. The van der Waals surface area contributed by atoms with Crippen molar-refractivity contribution in [2.45, 2.75) is 39.7 Å². The van der Waals surface area contributed by atoms with Gasteiger partial charge >= 0.3 is 0 Å². The Hall–Kier alpha value is -1.72. The highest BCUT2D eigenvalue weighted by Crippen LogP contribution is 2.18. The largest absolute Gasteiger partial charge is 0.379 e. The van der Waals surface area contributed by atoms with Gasteiger partial charge in [0.05, 0.1) is 13.0 Å². The van der Waals surface area contributed by atoms with Crippen LogP contribution in [0.5, 0.6) is 0 Å². The number of benzene rings is 1. The van der Waals surface area contributed by atoms with E-state index in [1.807, 2.05) is 13.8 Å². The van der Waals surface area contributed by atoms with E-state index in [1.54, 1.807) is 0 Å². The van der Waals surface area contributed by atoms with E-state index in [9.17, 15) is 0 Å². The second-order valence-corrected chi connectivity index (χ2v) is 5.67. The van der Waals surface area contributed by atoms with Gasteiger partial charge in [-0.15, -0.1) is 0 Å². The highest BCUT2D eigenvalue weighted by Gasteiger charge is 2.27. The lowest BCUT2D eigenvalue weighted by atomic mass is 10.0. The van der Waals surface area contributed by atoms with Crippen molar-refractivity contribution in [2.75, 3.05) is 13.2 Å². The fourth-order valence-corrected chi connectivity index (χ4v) is 2.09. The molecule has 0 bridgehead atoms. The zero-order chi connectivity index (χ0) is 15.5. The first-order chi connectivity index (χ1) is 9.92. The van der Waals surface area contributed by atoms with Crippen LogP contribution in [-0.4, -0.2) is 23.4 Å². The first-order valence-corrected chi connectivity index (χ1v) is 7.18. The van der Waals surface area contributed by atoms with Crippen molar-refractivity contribution in [3.05, 3.63) is 46.6 Å². The van der Waals surface area contributed by atoms with Gasteiger partial charge in [0.15, 0.2) is 5.82 Å². The molecule has 1 aromatic carbocycles. The molecule has 1 atom stereocenters. The maximum absolute atomic E-state index is 6.17. The smallest absolute Gasteiger partial charge is 0.231 e. The summed E-state index contributed by atoms with van der Waals surface area (Å²) in [6, 6.07) is 6.34. The number of aromatic nitrogens is 2. The molecule has 1 aromatic heterocycles. The average molecular weight is 289 g/mol. The monoisotopic (exact) mass is 289 g/mol. The first kappa shape index (κ1) is 15.7. The minimum absolute atomic E-state index is 0.367. The number of rotatable bonds is 6. The van der Waals surface area contributed by atoms with Gasteiger partial charge in [0.1, 0.15) is 5.54 Å². The predicted octanol–water partition coefficient (Wildman–Crippen LogP) is 2.49. The minimum atomic E-state index is -0.737. The molecule has 5 nitrogen and oxygen atoms in total. The van der Waals surface area contributed by atoms with Crippen LogP contribution in [-0.2, 0) is 16.7 Å². The molecule has 1 unspecified atom stereocenters. The van der Waals surface area contributed by atoms with E-state index in [2.05, 4.69) is 42.2 Å². The summed E-state index contributed by atoms with van der Waals surface area (Å²) in [5.41, 5.74) is 9.06. The summed E-state index contributed by atoms with van der Waals surface area (Å²) < 4.78 is 10.7. The molecule has 0 aliphatic heterocycles. The van der Waals surface area contributed by atoms with Crippen LogP contribution in [0.3, 0.4) is 0 Å². The van der Waals surface area contributed by atoms with Crippen LogP contribution in [0.4, 0.5) is 0 Å². The summed E-state index contributed by atoms with van der Waals surface area (Å²) >= 11 is 0. The van der Waals surface area contributed by atoms with Crippen LogP contribution < -0.4 is 5.73 Å². The summed E-state index contributed by atoms with van der Waals surface area (Å²) in [6.07, 6.45) is 0.616. The van der Waals surface area contributed by atoms with Gasteiger partial charge in [0.25, 0.3) is 0 Å². The molecule has 2 aromatic rings. The van der Waals surface area contributed by atoms with Crippen LogP contribution in [0.15, 0.2) is 22.7 Å². The molecule has 21 heavy (non-hydrogen) atoms. The summed E-state index contributed by atoms with van der Waals surface area (Å²) in [6.45, 7) is 8.90. The molecule has 2 N–H and O–H groups in total. The van der Waals surface area contributed by atoms with Crippen molar-refractivity contribution in [1.29, 1.82) is 0 Å². The molecule has 0 saturated heterocycles. The van der Waals surface area contributed by atoms with Crippen molar-refractivity contribution in [3.63, 3.8) is 0 Å². The normalized spacial score (nSPS) is 14.1. The average Bonchev–Trinajstić information content (AvgIpc) is 2.90. The summed E-state index contributed by atoms with van der Waals surface area (Å²) in [5, 5.41) is 4.00. The summed E-state index contributed by atoms with van der Waals surface area (Å²) in [7, 11) is 0. The molecule has 5 heteroatoms. The Bertz CT molecular complexity index is 605. The lowest BCUT2D eigenvalue weighted by Gasteiger charge is -2.19. The lowest BCUT2D eigenvalue weighted by molar-refractivity contribution is 0.0962. The number of hydrogen-bond acceptors (Lipinski definition) is 5. The predicted molar refractivity (Wildman–Crippen MR) is 81.1 cm³/mol. The van der Waals surface area contributed by atoms with Crippen LogP contribution in [0.2, 0.25) is 0 Å². The first-order valence-electron chi connectivity index (χ1n) is 7.18. The van der Waals surface area contributed by atoms with Gasteiger partial charge in [0.2, 0.25) is 5.89 Å². The van der Waals surface area contributed by atoms with Crippen molar-refractivity contribution in [2.24, 2.45) is 5.73 Å². The molecule has 0 radical (unpaired) electrons. The van der Waals surface area contributed by atoms with E-state index in [0.29, 0.717) is 31.3 Å². The molecule has 2 rings (SSSR count). The SMILES string of the molecule is CCOCC(C)(N)c1noc(Cc2cc(C)ccc2C)n1. The van der Waals surface area contributed by atoms with Gasteiger partial charge in [-0.05, 0) is 38.8 Å². The van der Waals surface area contributed by atoms with Gasteiger partial charge in [-0.2, -0.15) is 4.98 Å². The molecule has 0 saturated carbocycles. The zero-order valence-electron chi connectivity index (χ0n) is 13.1. The van der Waals surface area contributed by atoms with E-state index in [0.717, 1.165) is 0 Å². The topological polar surface area (TPSA) is 74.2 Å². The van der Waals surface area contributed by atoms with E-state index in [4.69, 9.17) is 15.0 Å². The summed E-state index contributed by atoms with van der Waals surface area (Å²) in [4.78, 5) is 4.42. The quantitative estimate of drug-likeness (QED) is 0.884. The van der Waals surface area contributed by atoms with Crippen LogP contribution in [0.25, 0.3) is 0 Å². The highest BCUT2D eigenvalue weighted by molar-refractivity contribution is 5.32. The van der Waals surface area contributed by atoms with Gasteiger partial charge < -0.3 is 15.0 Å². The third-order valence-corrected chi connectivity index (χ3v) is 3.43. The Morgan fingerprint density at radius 2 is 2.10 bits per heavy atom. The van der Waals surface area contributed by atoms with Crippen molar-refractivity contribution >= 4 is 0 Å². The number of ether oxygens (including phenoxy) is 1. The molecule has 0 fully saturated rings. The number of hydrogen-bond donors (Lipinski definition) is 1. The van der Waals surface area contributed by atoms with E-state index in [1.165, 1.54) is 16.7 Å². The third-order valence-electron chi connectivity index (χ3n) is 3.43.